The van der Waals surface area contributed by atoms with Gasteiger partial charge in [0.15, 0.2) is 0 Å². The van der Waals surface area contributed by atoms with E-state index >= 15 is 0 Å². The molecule has 1 aliphatic carbocycles. The molecule has 0 aromatic heterocycles. The molecule has 0 unspecified atom stereocenters. The molecule has 0 atom stereocenters. The molecule has 21 heavy (non-hydrogen) atoms. The third-order valence-corrected chi connectivity index (χ3v) is 4.49. The molecule has 1 aromatic carbocycles. The molecule has 0 saturated heterocycles. The van der Waals surface area contributed by atoms with E-state index in [1.54, 1.807) is 0 Å². The van der Waals surface area contributed by atoms with Gasteiger partial charge in [-0.05, 0) is 43.9 Å². The molecule has 1 amide bonds. The van der Waals surface area contributed by atoms with Crippen LogP contribution in [-0.2, 0) is 4.79 Å². The van der Waals surface area contributed by atoms with Crippen LogP contribution < -0.4 is 10.6 Å². The van der Waals surface area contributed by atoms with Gasteiger partial charge >= 0.3 is 0 Å². The van der Waals surface area contributed by atoms with Gasteiger partial charge < -0.3 is 10.6 Å². The van der Waals surface area contributed by atoms with Gasteiger partial charge in [-0.2, -0.15) is 0 Å². The molecule has 1 aromatic rings. The van der Waals surface area contributed by atoms with Crippen LogP contribution in [0.15, 0.2) is 18.2 Å². The lowest BCUT2D eigenvalue weighted by molar-refractivity contribution is -0.121. The highest BCUT2D eigenvalue weighted by atomic mass is 16.1. The van der Waals surface area contributed by atoms with Crippen LogP contribution in [0.25, 0.3) is 0 Å². The Morgan fingerprint density at radius 2 is 1.86 bits per heavy atom. The second-order valence-corrected chi connectivity index (χ2v) is 6.18. The van der Waals surface area contributed by atoms with E-state index in [-0.39, 0.29) is 5.91 Å². The topological polar surface area (TPSA) is 41.1 Å². The molecule has 0 bridgehead atoms. The van der Waals surface area contributed by atoms with Gasteiger partial charge in [0.25, 0.3) is 0 Å². The van der Waals surface area contributed by atoms with Gasteiger partial charge in [-0.25, -0.2) is 0 Å². The number of benzene rings is 1. The molecule has 0 aliphatic heterocycles. The minimum Gasteiger partial charge on any atom is -0.384 e. The summed E-state index contributed by atoms with van der Waals surface area (Å²) in [6.07, 6.45) is 7.99. The fourth-order valence-electron chi connectivity index (χ4n) is 2.98. The van der Waals surface area contributed by atoms with Crippen molar-refractivity contribution in [3.8, 4) is 0 Å². The molecule has 1 saturated carbocycles. The number of carbonyl (C=O) groups excluding carboxylic acids is 1. The number of anilines is 1. The lowest BCUT2D eigenvalue weighted by Crippen LogP contribution is -2.35. The minimum absolute atomic E-state index is 0.180. The van der Waals surface area contributed by atoms with Crippen molar-refractivity contribution >= 4 is 11.6 Å². The SMILES string of the molecule is Cc1cccc(NCCC(=O)NC2CCCCCC2)c1C. The fourth-order valence-corrected chi connectivity index (χ4v) is 2.98. The van der Waals surface area contributed by atoms with Crippen LogP contribution in [0.1, 0.15) is 56.1 Å². The Labute approximate surface area is 128 Å². The summed E-state index contributed by atoms with van der Waals surface area (Å²) in [5.74, 6) is 0.180. The summed E-state index contributed by atoms with van der Waals surface area (Å²) in [5, 5.41) is 6.57. The molecule has 3 heteroatoms. The summed E-state index contributed by atoms with van der Waals surface area (Å²) in [4.78, 5) is 12.0. The molecule has 0 heterocycles. The first-order valence-electron chi connectivity index (χ1n) is 8.26. The van der Waals surface area contributed by atoms with Crippen molar-refractivity contribution < 1.29 is 4.79 Å². The zero-order valence-corrected chi connectivity index (χ0v) is 13.4. The highest BCUT2D eigenvalue weighted by molar-refractivity contribution is 5.76. The summed E-state index contributed by atoms with van der Waals surface area (Å²) in [7, 11) is 0. The fraction of sp³-hybridized carbons (Fsp3) is 0.611. The second-order valence-electron chi connectivity index (χ2n) is 6.18. The van der Waals surface area contributed by atoms with Crippen LogP contribution >= 0.6 is 0 Å². The van der Waals surface area contributed by atoms with E-state index in [4.69, 9.17) is 0 Å². The first kappa shape index (κ1) is 15.9. The van der Waals surface area contributed by atoms with E-state index in [0.717, 1.165) is 18.5 Å². The number of hydrogen-bond donors (Lipinski definition) is 2. The molecule has 1 fully saturated rings. The Morgan fingerprint density at radius 3 is 2.57 bits per heavy atom. The van der Waals surface area contributed by atoms with Gasteiger partial charge in [0.1, 0.15) is 0 Å². The first-order chi connectivity index (χ1) is 10.2. The summed E-state index contributed by atoms with van der Waals surface area (Å²) >= 11 is 0. The third kappa shape index (κ3) is 5.07. The van der Waals surface area contributed by atoms with Crippen LogP contribution in [0.5, 0.6) is 0 Å². The van der Waals surface area contributed by atoms with E-state index < -0.39 is 0 Å². The van der Waals surface area contributed by atoms with Crippen molar-refractivity contribution in [3.05, 3.63) is 29.3 Å². The number of carbonyl (C=O) groups is 1. The first-order valence-corrected chi connectivity index (χ1v) is 8.26. The maximum Gasteiger partial charge on any atom is 0.221 e. The van der Waals surface area contributed by atoms with Gasteiger partial charge in [0.2, 0.25) is 5.91 Å². The van der Waals surface area contributed by atoms with Crippen LogP contribution in [-0.4, -0.2) is 18.5 Å². The normalized spacial score (nSPS) is 16.3. The van der Waals surface area contributed by atoms with Crippen molar-refractivity contribution in [3.63, 3.8) is 0 Å². The quantitative estimate of drug-likeness (QED) is 0.806. The number of amides is 1. The maximum atomic E-state index is 12.0. The monoisotopic (exact) mass is 288 g/mol. The highest BCUT2D eigenvalue weighted by Crippen LogP contribution is 2.18. The Kier molecular flexibility index (Phi) is 6.09. The van der Waals surface area contributed by atoms with E-state index in [1.165, 1.54) is 36.8 Å². The van der Waals surface area contributed by atoms with Crippen LogP contribution in [0.4, 0.5) is 5.69 Å². The molecule has 3 nitrogen and oxygen atoms in total. The zero-order chi connectivity index (χ0) is 15.1. The molecule has 2 rings (SSSR count). The van der Waals surface area contributed by atoms with Crippen LogP contribution in [0.2, 0.25) is 0 Å². The highest BCUT2D eigenvalue weighted by Gasteiger charge is 2.14. The van der Waals surface area contributed by atoms with Gasteiger partial charge in [-0.15, -0.1) is 0 Å². The average Bonchev–Trinajstić information content (AvgIpc) is 2.72. The molecule has 2 N–H and O–H groups in total. The van der Waals surface area contributed by atoms with Gasteiger partial charge in [0, 0.05) is 24.7 Å². The van der Waals surface area contributed by atoms with Crippen molar-refractivity contribution in [2.45, 2.75) is 64.8 Å². The lowest BCUT2D eigenvalue weighted by Gasteiger charge is -2.17. The van der Waals surface area contributed by atoms with Gasteiger partial charge in [-0.1, -0.05) is 37.8 Å². The van der Waals surface area contributed by atoms with Crippen LogP contribution in [0, 0.1) is 13.8 Å². The number of aryl methyl sites for hydroxylation is 1. The lowest BCUT2D eigenvalue weighted by atomic mass is 10.1. The number of hydrogen-bond acceptors (Lipinski definition) is 2. The summed E-state index contributed by atoms with van der Waals surface area (Å²) in [6, 6.07) is 6.64. The second kappa shape index (κ2) is 8.06. The van der Waals surface area contributed by atoms with Crippen molar-refractivity contribution in [1.29, 1.82) is 0 Å². The Hall–Kier alpha value is -1.51. The smallest absolute Gasteiger partial charge is 0.221 e. The Morgan fingerprint density at radius 1 is 1.14 bits per heavy atom. The van der Waals surface area contributed by atoms with E-state index in [0.29, 0.717) is 19.0 Å². The minimum atomic E-state index is 0.180. The molecule has 0 radical (unpaired) electrons. The van der Waals surface area contributed by atoms with Crippen molar-refractivity contribution in [2.75, 3.05) is 11.9 Å². The van der Waals surface area contributed by atoms with Crippen molar-refractivity contribution in [2.24, 2.45) is 0 Å². The predicted octanol–water partition coefficient (Wildman–Crippen LogP) is 3.94. The Bertz CT molecular complexity index is 462. The molecule has 116 valence electrons. The molecule has 1 aliphatic rings. The molecular formula is C18H28N2O. The molecule has 0 spiro atoms. The average molecular weight is 288 g/mol. The summed E-state index contributed by atoms with van der Waals surface area (Å²) < 4.78 is 0. The van der Waals surface area contributed by atoms with E-state index in [1.807, 2.05) is 0 Å². The summed E-state index contributed by atoms with van der Waals surface area (Å²) in [6.45, 7) is 4.92. The predicted molar refractivity (Wildman–Crippen MR) is 88.7 cm³/mol. The third-order valence-electron chi connectivity index (χ3n) is 4.49. The maximum absolute atomic E-state index is 12.0. The van der Waals surface area contributed by atoms with E-state index in [2.05, 4.69) is 42.7 Å². The van der Waals surface area contributed by atoms with Gasteiger partial charge in [-0.3, -0.25) is 4.79 Å². The Balaban J connectivity index is 1.72. The van der Waals surface area contributed by atoms with E-state index in [9.17, 15) is 4.79 Å². The number of nitrogens with one attached hydrogen (secondary N) is 2. The van der Waals surface area contributed by atoms with Crippen LogP contribution in [0.3, 0.4) is 0 Å². The zero-order valence-electron chi connectivity index (χ0n) is 13.4. The van der Waals surface area contributed by atoms with Crippen molar-refractivity contribution in [1.82, 2.24) is 5.32 Å². The van der Waals surface area contributed by atoms with Gasteiger partial charge in [0.05, 0.1) is 0 Å². The summed E-state index contributed by atoms with van der Waals surface area (Å²) in [5.41, 5.74) is 3.68. The standard InChI is InChI=1S/C18H28N2O/c1-14-8-7-11-17(15(14)2)19-13-12-18(21)20-16-9-5-3-4-6-10-16/h7-8,11,16,19H,3-6,9-10,12-13H2,1-2H3,(H,20,21). The number of rotatable bonds is 5. The molecular weight excluding hydrogens is 260 g/mol. The largest absolute Gasteiger partial charge is 0.384 e.